The van der Waals surface area contributed by atoms with Crippen LogP contribution in [0.5, 0.6) is 5.75 Å². The zero-order valence-corrected chi connectivity index (χ0v) is 12.8. The Morgan fingerprint density at radius 3 is 2.60 bits per heavy atom. The Bertz CT molecular complexity index is 443. The normalized spacial score (nSPS) is 11.2. The topological polar surface area (TPSA) is 49.8 Å². The number of carbonyl (C=O) groups is 1. The van der Waals surface area contributed by atoms with Gasteiger partial charge in [-0.25, -0.2) is 0 Å². The number of likely N-dealkylation sites (N-methyl/N-ethyl adjacent to an activating group) is 1. The molecule has 0 spiro atoms. The summed E-state index contributed by atoms with van der Waals surface area (Å²) < 4.78 is 5.66. The van der Waals surface area contributed by atoms with Crippen molar-refractivity contribution in [3.8, 4) is 5.75 Å². The Hall–Kier alpha value is -1.55. The van der Waals surface area contributed by atoms with E-state index >= 15 is 0 Å². The molecule has 0 aliphatic rings. The smallest absolute Gasteiger partial charge is 0.222 e. The molecule has 1 aromatic rings. The molecule has 0 aliphatic carbocycles. The van der Waals surface area contributed by atoms with Crippen molar-refractivity contribution < 1.29 is 14.6 Å². The van der Waals surface area contributed by atoms with Crippen LogP contribution in [0.25, 0.3) is 0 Å². The highest BCUT2D eigenvalue weighted by molar-refractivity contribution is 5.76. The minimum Gasteiger partial charge on any atom is -0.493 e. The molecule has 0 radical (unpaired) electrons. The maximum atomic E-state index is 12.0. The number of amides is 1. The molecule has 0 fully saturated rings. The first-order valence-corrected chi connectivity index (χ1v) is 6.94. The molecular formula is C16H25NO3. The van der Waals surface area contributed by atoms with E-state index in [9.17, 15) is 9.90 Å². The third-order valence-corrected chi connectivity index (χ3v) is 3.56. The number of hydrogen-bond donors (Lipinski definition) is 1. The van der Waals surface area contributed by atoms with Crippen molar-refractivity contribution in [3.05, 3.63) is 29.8 Å². The second-order valence-corrected chi connectivity index (χ2v) is 5.64. The summed E-state index contributed by atoms with van der Waals surface area (Å²) in [5.74, 6) is 0.890. The lowest BCUT2D eigenvalue weighted by atomic mass is 10.0. The lowest BCUT2D eigenvalue weighted by Gasteiger charge is -2.34. The van der Waals surface area contributed by atoms with Crippen LogP contribution in [0.1, 0.15) is 32.3 Å². The van der Waals surface area contributed by atoms with Crippen LogP contribution in [0.4, 0.5) is 0 Å². The molecule has 112 valence electrons. The summed E-state index contributed by atoms with van der Waals surface area (Å²) in [6.07, 6.45) is 1.09. The fraction of sp³-hybridized carbons (Fsp3) is 0.562. The van der Waals surface area contributed by atoms with Crippen LogP contribution in [0.3, 0.4) is 0 Å². The number of carbonyl (C=O) groups excluding carboxylic acids is 1. The van der Waals surface area contributed by atoms with E-state index in [1.54, 1.807) is 11.9 Å². The maximum absolute atomic E-state index is 12.0. The third-order valence-electron chi connectivity index (χ3n) is 3.56. The van der Waals surface area contributed by atoms with E-state index in [0.717, 1.165) is 11.3 Å². The molecule has 0 bridgehead atoms. The molecule has 0 aromatic heterocycles. The molecule has 1 N–H and O–H groups in total. The standard InChI is InChI=1S/C16H25NO3/c1-13-8-5-6-9-14(13)20-11-7-10-15(19)17(4)16(2,3)12-18/h5-6,8-9,18H,7,10-12H2,1-4H3. The molecular weight excluding hydrogens is 254 g/mol. The van der Waals surface area contributed by atoms with Crippen LogP contribution in [-0.4, -0.2) is 41.7 Å². The van der Waals surface area contributed by atoms with E-state index in [1.165, 1.54) is 0 Å². The minimum absolute atomic E-state index is 0.0254. The highest BCUT2D eigenvalue weighted by Crippen LogP contribution is 2.17. The molecule has 0 saturated heterocycles. The number of nitrogens with zero attached hydrogens (tertiary/aromatic N) is 1. The van der Waals surface area contributed by atoms with Gasteiger partial charge in [-0.1, -0.05) is 18.2 Å². The average molecular weight is 279 g/mol. The van der Waals surface area contributed by atoms with Gasteiger partial charge in [0.05, 0.1) is 18.8 Å². The van der Waals surface area contributed by atoms with Gasteiger partial charge in [0.1, 0.15) is 5.75 Å². The van der Waals surface area contributed by atoms with E-state index in [0.29, 0.717) is 19.4 Å². The summed E-state index contributed by atoms with van der Waals surface area (Å²) in [6, 6.07) is 7.83. The van der Waals surface area contributed by atoms with Gasteiger partial charge in [0.2, 0.25) is 5.91 Å². The van der Waals surface area contributed by atoms with E-state index in [-0.39, 0.29) is 12.5 Å². The summed E-state index contributed by atoms with van der Waals surface area (Å²) in [6.45, 7) is 6.15. The first-order valence-electron chi connectivity index (χ1n) is 6.94. The number of hydrogen-bond acceptors (Lipinski definition) is 3. The first kappa shape index (κ1) is 16.5. The SMILES string of the molecule is Cc1ccccc1OCCCC(=O)N(C)C(C)(C)CO. The summed E-state index contributed by atoms with van der Waals surface area (Å²) in [5, 5.41) is 9.25. The Balaban J connectivity index is 2.35. The zero-order chi connectivity index (χ0) is 15.2. The Labute approximate surface area is 121 Å². The van der Waals surface area contributed by atoms with Gasteiger partial charge >= 0.3 is 0 Å². The van der Waals surface area contributed by atoms with Gasteiger partial charge in [-0.15, -0.1) is 0 Å². The fourth-order valence-electron chi connectivity index (χ4n) is 1.74. The van der Waals surface area contributed by atoms with E-state index in [1.807, 2.05) is 45.0 Å². The van der Waals surface area contributed by atoms with Crippen LogP contribution < -0.4 is 4.74 Å². The van der Waals surface area contributed by atoms with E-state index < -0.39 is 5.54 Å². The molecule has 0 atom stereocenters. The second kappa shape index (κ2) is 7.29. The van der Waals surface area contributed by atoms with Crippen LogP contribution in [0, 0.1) is 6.92 Å². The van der Waals surface area contributed by atoms with Crippen molar-refractivity contribution in [2.75, 3.05) is 20.3 Å². The number of aryl methyl sites for hydroxylation is 1. The van der Waals surface area contributed by atoms with Gasteiger partial charge in [0.25, 0.3) is 0 Å². The quantitative estimate of drug-likeness (QED) is 0.780. The molecule has 0 unspecified atom stereocenters. The Morgan fingerprint density at radius 2 is 2.00 bits per heavy atom. The summed E-state index contributed by atoms with van der Waals surface area (Å²) in [4.78, 5) is 13.6. The predicted octanol–water partition coefficient (Wildman–Crippen LogP) is 2.38. The average Bonchev–Trinajstić information content (AvgIpc) is 2.44. The Morgan fingerprint density at radius 1 is 1.35 bits per heavy atom. The first-order chi connectivity index (χ1) is 9.38. The van der Waals surface area contributed by atoms with Crippen molar-refractivity contribution in [1.82, 2.24) is 4.90 Å². The van der Waals surface area contributed by atoms with Crippen LogP contribution >= 0.6 is 0 Å². The molecule has 1 amide bonds. The van der Waals surface area contributed by atoms with Crippen LogP contribution in [-0.2, 0) is 4.79 Å². The number of aliphatic hydroxyl groups excluding tert-OH is 1. The van der Waals surface area contributed by atoms with Crippen LogP contribution in [0.15, 0.2) is 24.3 Å². The van der Waals surface area contributed by atoms with Gasteiger partial charge in [-0.05, 0) is 38.8 Å². The van der Waals surface area contributed by atoms with Gasteiger partial charge in [-0.3, -0.25) is 4.79 Å². The highest BCUT2D eigenvalue weighted by Gasteiger charge is 2.26. The van der Waals surface area contributed by atoms with Gasteiger partial charge in [-0.2, -0.15) is 0 Å². The van der Waals surface area contributed by atoms with Crippen molar-refractivity contribution in [3.63, 3.8) is 0 Å². The second-order valence-electron chi connectivity index (χ2n) is 5.64. The maximum Gasteiger partial charge on any atom is 0.222 e. The third kappa shape index (κ3) is 4.53. The summed E-state index contributed by atoms with van der Waals surface area (Å²) in [5.41, 5.74) is 0.575. The molecule has 20 heavy (non-hydrogen) atoms. The van der Waals surface area contributed by atoms with Gasteiger partial charge in [0, 0.05) is 13.5 Å². The number of aliphatic hydroxyl groups is 1. The lowest BCUT2D eigenvalue weighted by molar-refractivity contribution is -0.136. The number of para-hydroxylation sites is 1. The van der Waals surface area contributed by atoms with Gasteiger partial charge < -0.3 is 14.7 Å². The van der Waals surface area contributed by atoms with Gasteiger partial charge in [0.15, 0.2) is 0 Å². The largest absolute Gasteiger partial charge is 0.493 e. The van der Waals surface area contributed by atoms with E-state index in [4.69, 9.17) is 4.74 Å². The van der Waals surface area contributed by atoms with Crippen molar-refractivity contribution in [2.45, 2.75) is 39.2 Å². The highest BCUT2D eigenvalue weighted by atomic mass is 16.5. The zero-order valence-electron chi connectivity index (χ0n) is 12.8. The Kier molecular flexibility index (Phi) is 6.02. The van der Waals surface area contributed by atoms with Crippen molar-refractivity contribution in [1.29, 1.82) is 0 Å². The summed E-state index contributed by atoms with van der Waals surface area (Å²) in [7, 11) is 1.72. The molecule has 0 heterocycles. The predicted molar refractivity (Wildman–Crippen MR) is 79.8 cm³/mol. The molecule has 1 rings (SSSR count). The number of ether oxygens (including phenoxy) is 1. The van der Waals surface area contributed by atoms with Crippen molar-refractivity contribution >= 4 is 5.91 Å². The molecule has 1 aromatic carbocycles. The monoisotopic (exact) mass is 279 g/mol. The molecule has 0 saturated carbocycles. The number of rotatable bonds is 7. The summed E-state index contributed by atoms with van der Waals surface area (Å²) >= 11 is 0. The molecule has 4 nitrogen and oxygen atoms in total. The minimum atomic E-state index is -0.520. The van der Waals surface area contributed by atoms with Crippen LogP contribution in [0.2, 0.25) is 0 Å². The fourth-order valence-corrected chi connectivity index (χ4v) is 1.74. The lowest BCUT2D eigenvalue weighted by Crippen LogP contribution is -2.47. The van der Waals surface area contributed by atoms with E-state index in [2.05, 4.69) is 0 Å². The van der Waals surface area contributed by atoms with Crippen molar-refractivity contribution in [2.24, 2.45) is 0 Å². The number of benzene rings is 1. The molecule has 0 aliphatic heterocycles. The molecule has 4 heteroatoms.